The summed E-state index contributed by atoms with van der Waals surface area (Å²) in [5.41, 5.74) is 2.61. The van der Waals surface area contributed by atoms with E-state index >= 15 is 0 Å². The molecule has 0 radical (unpaired) electrons. The first-order valence-electron chi connectivity index (χ1n) is 6.68. The van der Waals surface area contributed by atoms with Crippen LogP contribution in [0, 0.1) is 5.92 Å². The van der Waals surface area contributed by atoms with Crippen LogP contribution in [0.15, 0.2) is 24.3 Å². The summed E-state index contributed by atoms with van der Waals surface area (Å²) < 4.78 is 0. The lowest BCUT2D eigenvalue weighted by Crippen LogP contribution is -2.37. The maximum Gasteiger partial charge on any atom is 0.223 e. The maximum absolute atomic E-state index is 12.1. The van der Waals surface area contributed by atoms with Crippen LogP contribution in [-0.4, -0.2) is 23.7 Å². The summed E-state index contributed by atoms with van der Waals surface area (Å²) >= 11 is 0. The highest BCUT2D eigenvalue weighted by Crippen LogP contribution is 2.26. The van der Waals surface area contributed by atoms with E-state index in [-0.39, 0.29) is 24.5 Å². The Balaban J connectivity index is 1.85. The third kappa shape index (κ3) is 3.10. The standard InChI is InChI=1S/C15H21NO2/c1-11(5-4-8-17)16-15(18)14-9-12-6-2-3-7-13(12)10-14/h2-3,6-7,11,14,17H,4-5,8-10H2,1H3,(H,16,18). The lowest BCUT2D eigenvalue weighted by Gasteiger charge is -2.16. The highest BCUT2D eigenvalue weighted by Gasteiger charge is 2.27. The molecule has 98 valence electrons. The van der Waals surface area contributed by atoms with Gasteiger partial charge in [-0.2, -0.15) is 0 Å². The molecule has 0 aliphatic heterocycles. The number of hydrogen-bond acceptors (Lipinski definition) is 2. The fraction of sp³-hybridized carbons (Fsp3) is 0.533. The van der Waals surface area contributed by atoms with Crippen molar-refractivity contribution in [3.8, 4) is 0 Å². The molecule has 1 aliphatic carbocycles. The molecular weight excluding hydrogens is 226 g/mol. The largest absolute Gasteiger partial charge is 0.396 e. The molecule has 1 aliphatic rings. The second kappa shape index (κ2) is 6.01. The Hall–Kier alpha value is -1.35. The van der Waals surface area contributed by atoms with Crippen molar-refractivity contribution in [2.75, 3.05) is 6.61 Å². The number of carbonyl (C=O) groups is 1. The van der Waals surface area contributed by atoms with Crippen LogP contribution < -0.4 is 5.32 Å². The quantitative estimate of drug-likeness (QED) is 0.831. The summed E-state index contributed by atoms with van der Waals surface area (Å²) in [6, 6.07) is 8.43. The Morgan fingerprint density at radius 2 is 2.00 bits per heavy atom. The fourth-order valence-electron chi connectivity index (χ4n) is 2.57. The summed E-state index contributed by atoms with van der Waals surface area (Å²) in [4.78, 5) is 12.1. The summed E-state index contributed by atoms with van der Waals surface area (Å²) in [5, 5.41) is 11.8. The van der Waals surface area contributed by atoms with Gasteiger partial charge in [-0.3, -0.25) is 4.79 Å². The average Bonchev–Trinajstić information content (AvgIpc) is 2.80. The van der Waals surface area contributed by atoms with Gasteiger partial charge in [-0.05, 0) is 43.7 Å². The van der Waals surface area contributed by atoms with Crippen LogP contribution in [0.1, 0.15) is 30.9 Å². The highest BCUT2D eigenvalue weighted by atomic mass is 16.2. The van der Waals surface area contributed by atoms with Gasteiger partial charge < -0.3 is 10.4 Å². The van der Waals surface area contributed by atoms with Crippen LogP contribution in [-0.2, 0) is 17.6 Å². The van der Waals surface area contributed by atoms with Crippen molar-refractivity contribution in [2.24, 2.45) is 5.92 Å². The van der Waals surface area contributed by atoms with Crippen molar-refractivity contribution < 1.29 is 9.90 Å². The van der Waals surface area contributed by atoms with E-state index in [9.17, 15) is 4.79 Å². The second-order valence-electron chi connectivity index (χ2n) is 5.15. The minimum Gasteiger partial charge on any atom is -0.396 e. The van der Waals surface area contributed by atoms with Gasteiger partial charge in [-0.25, -0.2) is 0 Å². The van der Waals surface area contributed by atoms with Gasteiger partial charge in [0.25, 0.3) is 0 Å². The summed E-state index contributed by atoms with van der Waals surface area (Å²) in [7, 11) is 0. The molecule has 2 N–H and O–H groups in total. The maximum atomic E-state index is 12.1. The van der Waals surface area contributed by atoms with E-state index in [1.165, 1.54) is 11.1 Å². The number of rotatable bonds is 5. The molecule has 1 atom stereocenters. The van der Waals surface area contributed by atoms with Crippen molar-refractivity contribution in [1.82, 2.24) is 5.32 Å². The zero-order valence-electron chi connectivity index (χ0n) is 10.9. The van der Waals surface area contributed by atoms with Crippen molar-refractivity contribution in [3.63, 3.8) is 0 Å². The van der Waals surface area contributed by atoms with E-state index in [0.29, 0.717) is 0 Å². The first-order chi connectivity index (χ1) is 8.70. The zero-order chi connectivity index (χ0) is 13.0. The fourth-order valence-corrected chi connectivity index (χ4v) is 2.57. The Kier molecular flexibility index (Phi) is 4.37. The predicted octanol–water partition coefficient (Wildman–Crippen LogP) is 1.68. The number of aliphatic hydroxyl groups excluding tert-OH is 1. The zero-order valence-corrected chi connectivity index (χ0v) is 10.9. The van der Waals surface area contributed by atoms with Crippen LogP contribution in [0.2, 0.25) is 0 Å². The number of hydrogen-bond donors (Lipinski definition) is 2. The molecule has 1 amide bonds. The van der Waals surface area contributed by atoms with Gasteiger partial charge >= 0.3 is 0 Å². The Morgan fingerprint density at radius 1 is 1.39 bits per heavy atom. The highest BCUT2D eigenvalue weighted by molar-refractivity contribution is 5.80. The molecule has 3 nitrogen and oxygen atoms in total. The molecular formula is C15H21NO2. The van der Waals surface area contributed by atoms with E-state index in [4.69, 9.17) is 5.11 Å². The van der Waals surface area contributed by atoms with Gasteiger partial charge in [0.1, 0.15) is 0 Å². The van der Waals surface area contributed by atoms with Crippen molar-refractivity contribution >= 4 is 5.91 Å². The molecule has 1 aromatic carbocycles. The molecule has 0 saturated heterocycles. The van der Waals surface area contributed by atoms with Crippen LogP contribution in [0.3, 0.4) is 0 Å². The van der Waals surface area contributed by atoms with Crippen LogP contribution >= 0.6 is 0 Å². The van der Waals surface area contributed by atoms with E-state index in [0.717, 1.165) is 25.7 Å². The minimum absolute atomic E-state index is 0.0824. The number of amides is 1. The molecule has 0 spiro atoms. The van der Waals surface area contributed by atoms with Gasteiger partial charge in [0.2, 0.25) is 5.91 Å². The molecule has 0 fully saturated rings. The van der Waals surface area contributed by atoms with Crippen molar-refractivity contribution in [2.45, 2.75) is 38.6 Å². The molecule has 0 heterocycles. The molecule has 1 unspecified atom stereocenters. The van der Waals surface area contributed by atoms with Crippen LogP contribution in [0.25, 0.3) is 0 Å². The average molecular weight is 247 g/mol. The number of carbonyl (C=O) groups excluding carboxylic acids is 1. The topological polar surface area (TPSA) is 49.3 Å². The van der Waals surface area contributed by atoms with Gasteiger partial charge in [0.05, 0.1) is 0 Å². The van der Waals surface area contributed by atoms with E-state index in [1.807, 2.05) is 19.1 Å². The van der Waals surface area contributed by atoms with E-state index in [2.05, 4.69) is 17.4 Å². The van der Waals surface area contributed by atoms with Gasteiger partial charge in [-0.1, -0.05) is 24.3 Å². The monoisotopic (exact) mass is 247 g/mol. The molecule has 1 aromatic rings. The lowest BCUT2D eigenvalue weighted by atomic mass is 10.0. The Morgan fingerprint density at radius 3 is 2.56 bits per heavy atom. The minimum atomic E-state index is 0.0824. The predicted molar refractivity (Wildman–Crippen MR) is 71.3 cm³/mol. The summed E-state index contributed by atoms with van der Waals surface area (Å²) in [5.74, 6) is 0.232. The van der Waals surface area contributed by atoms with Crippen molar-refractivity contribution in [1.29, 1.82) is 0 Å². The van der Waals surface area contributed by atoms with Crippen molar-refractivity contribution in [3.05, 3.63) is 35.4 Å². The summed E-state index contributed by atoms with van der Waals surface area (Å²) in [6.07, 6.45) is 3.29. The number of benzene rings is 1. The lowest BCUT2D eigenvalue weighted by molar-refractivity contribution is -0.125. The first-order valence-corrected chi connectivity index (χ1v) is 6.68. The molecule has 2 rings (SSSR count). The third-order valence-corrected chi connectivity index (χ3v) is 3.61. The molecule has 0 saturated carbocycles. The van der Waals surface area contributed by atoms with Gasteiger partial charge in [0.15, 0.2) is 0 Å². The molecule has 0 bridgehead atoms. The normalized spacial score (nSPS) is 16.3. The molecule has 18 heavy (non-hydrogen) atoms. The van der Waals surface area contributed by atoms with Gasteiger partial charge in [0, 0.05) is 18.6 Å². The number of aliphatic hydroxyl groups is 1. The third-order valence-electron chi connectivity index (χ3n) is 3.61. The number of nitrogens with one attached hydrogen (secondary N) is 1. The van der Waals surface area contributed by atoms with Crippen LogP contribution in [0.4, 0.5) is 0 Å². The smallest absolute Gasteiger partial charge is 0.223 e. The van der Waals surface area contributed by atoms with E-state index in [1.54, 1.807) is 0 Å². The number of fused-ring (bicyclic) bond motifs is 1. The molecule has 0 aromatic heterocycles. The Bertz CT molecular complexity index is 392. The second-order valence-corrected chi connectivity index (χ2v) is 5.15. The van der Waals surface area contributed by atoms with E-state index < -0.39 is 0 Å². The molecule has 3 heteroatoms. The van der Waals surface area contributed by atoms with Crippen LogP contribution in [0.5, 0.6) is 0 Å². The SMILES string of the molecule is CC(CCCO)NC(=O)C1Cc2ccccc2C1. The first kappa shape index (κ1) is 13.1. The van der Waals surface area contributed by atoms with Gasteiger partial charge in [-0.15, -0.1) is 0 Å². The Labute approximate surface area is 108 Å². The summed E-state index contributed by atoms with van der Waals surface area (Å²) in [6.45, 7) is 2.19.